The number of para-hydroxylation sites is 1. The fourth-order valence-electron chi connectivity index (χ4n) is 3.32. The molecule has 0 fully saturated rings. The van der Waals surface area contributed by atoms with Gasteiger partial charge in [0.25, 0.3) is 0 Å². The van der Waals surface area contributed by atoms with Gasteiger partial charge in [0.1, 0.15) is 18.1 Å². The molecule has 3 amide bonds. The number of amides is 3. The van der Waals surface area contributed by atoms with Crippen LogP contribution in [0.5, 0.6) is 5.75 Å². The molecular weight excluding hydrogens is 526 g/mol. The van der Waals surface area contributed by atoms with E-state index in [1.807, 2.05) is 48.5 Å². The van der Waals surface area contributed by atoms with Crippen molar-refractivity contribution < 1.29 is 19.1 Å². The highest BCUT2D eigenvalue weighted by Crippen LogP contribution is 2.27. The largest absolute Gasteiger partial charge is 0.497 e. The number of nitrogens with one attached hydrogen (secondary N) is 2. The van der Waals surface area contributed by atoms with E-state index in [1.165, 1.54) is 4.90 Å². The van der Waals surface area contributed by atoms with Crippen LogP contribution in [0.1, 0.15) is 26.5 Å². The first kappa shape index (κ1) is 27.2. The zero-order chi connectivity index (χ0) is 26.3. The molecule has 0 aliphatic carbocycles. The standard InChI is InChI=1S/C26H32BrN5O4/c1-26(2,3)22-16-23(32(30-22)18-10-12-19(36-5)13-11-18)29-24(33)17-31(14-15-35-4)25(34)28-21-9-7-6-8-20(21)27/h6-13,16H,14-15,17H2,1-5H3,(H,28,34)(H,29,33). The van der Waals surface area contributed by atoms with E-state index in [9.17, 15) is 9.59 Å². The summed E-state index contributed by atoms with van der Waals surface area (Å²) in [6.07, 6.45) is 0. The van der Waals surface area contributed by atoms with Crippen molar-refractivity contribution in [2.75, 3.05) is 44.5 Å². The van der Waals surface area contributed by atoms with Crippen LogP contribution < -0.4 is 15.4 Å². The number of ether oxygens (including phenoxy) is 2. The second-order valence-corrected chi connectivity index (χ2v) is 10.0. The number of carbonyl (C=O) groups is 2. The summed E-state index contributed by atoms with van der Waals surface area (Å²) in [5.74, 6) is 0.869. The van der Waals surface area contributed by atoms with Crippen LogP contribution in [0.25, 0.3) is 5.69 Å². The average Bonchev–Trinajstić information content (AvgIpc) is 3.27. The van der Waals surface area contributed by atoms with Crippen LogP contribution in [0.2, 0.25) is 0 Å². The number of carbonyl (C=O) groups excluding carboxylic acids is 2. The summed E-state index contributed by atoms with van der Waals surface area (Å²) in [6, 6.07) is 16.1. The lowest BCUT2D eigenvalue weighted by Gasteiger charge is -2.22. The van der Waals surface area contributed by atoms with Crippen molar-refractivity contribution in [3.05, 3.63) is 64.8 Å². The number of hydrogen-bond donors (Lipinski definition) is 2. The van der Waals surface area contributed by atoms with E-state index in [4.69, 9.17) is 14.6 Å². The van der Waals surface area contributed by atoms with E-state index < -0.39 is 6.03 Å². The van der Waals surface area contributed by atoms with Gasteiger partial charge in [-0.05, 0) is 52.3 Å². The van der Waals surface area contributed by atoms with Crippen LogP contribution in [0.15, 0.2) is 59.1 Å². The van der Waals surface area contributed by atoms with E-state index in [1.54, 1.807) is 25.0 Å². The second kappa shape index (κ2) is 12.0. The number of nitrogens with zero attached hydrogens (tertiary/aromatic N) is 3. The number of rotatable bonds is 9. The van der Waals surface area contributed by atoms with Crippen molar-refractivity contribution in [2.24, 2.45) is 0 Å². The Kier molecular flexibility index (Phi) is 9.11. The van der Waals surface area contributed by atoms with Gasteiger partial charge in [0.2, 0.25) is 5.91 Å². The molecule has 0 aliphatic rings. The first-order valence-corrected chi connectivity index (χ1v) is 12.3. The van der Waals surface area contributed by atoms with Gasteiger partial charge in [0.05, 0.1) is 30.8 Å². The van der Waals surface area contributed by atoms with Crippen molar-refractivity contribution in [1.82, 2.24) is 14.7 Å². The Morgan fingerprint density at radius 3 is 2.36 bits per heavy atom. The highest BCUT2D eigenvalue weighted by atomic mass is 79.9. The Hall–Kier alpha value is -3.37. The number of hydrogen-bond acceptors (Lipinski definition) is 5. The minimum absolute atomic E-state index is 0.168. The maximum atomic E-state index is 13.1. The first-order valence-electron chi connectivity index (χ1n) is 11.5. The maximum absolute atomic E-state index is 13.1. The van der Waals surface area contributed by atoms with Crippen LogP contribution in [-0.4, -0.2) is 60.5 Å². The number of urea groups is 1. The predicted molar refractivity (Wildman–Crippen MR) is 144 cm³/mol. The van der Waals surface area contributed by atoms with Gasteiger partial charge in [-0.2, -0.15) is 5.10 Å². The molecule has 0 atom stereocenters. The molecule has 2 aromatic carbocycles. The molecule has 3 rings (SSSR count). The van der Waals surface area contributed by atoms with Crippen molar-refractivity contribution >= 4 is 39.4 Å². The predicted octanol–water partition coefficient (Wildman–Crippen LogP) is 5.06. The van der Waals surface area contributed by atoms with Crippen LogP contribution in [-0.2, 0) is 14.9 Å². The minimum atomic E-state index is -0.409. The lowest BCUT2D eigenvalue weighted by Crippen LogP contribution is -2.42. The third-order valence-corrected chi connectivity index (χ3v) is 6.06. The lowest BCUT2D eigenvalue weighted by atomic mass is 9.92. The normalized spacial score (nSPS) is 11.2. The smallest absolute Gasteiger partial charge is 0.322 e. The summed E-state index contributed by atoms with van der Waals surface area (Å²) >= 11 is 3.42. The molecule has 0 aliphatic heterocycles. The SMILES string of the molecule is COCCN(CC(=O)Nc1cc(C(C)(C)C)nn1-c1ccc(OC)cc1)C(=O)Nc1ccccc1Br. The summed E-state index contributed by atoms with van der Waals surface area (Å²) < 4.78 is 12.8. The molecule has 2 N–H and O–H groups in total. The van der Waals surface area contributed by atoms with Crippen LogP contribution in [0.4, 0.5) is 16.3 Å². The molecule has 9 nitrogen and oxygen atoms in total. The molecule has 0 radical (unpaired) electrons. The van der Waals surface area contributed by atoms with Crippen molar-refractivity contribution in [3.63, 3.8) is 0 Å². The molecule has 0 saturated carbocycles. The van der Waals surface area contributed by atoms with E-state index in [0.717, 1.165) is 21.6 Å². The summed E-state index contributed by atoms with van der Waals surface area (Å²) in [7, 11) is 3.15. The van der Waals surface area contributed by atoms with Crippen LogP contribution >= 0.6 is 15.9 Å². The molecule has 10 heteroatoms. The van der Waals surface area contributed by atoms with Gasteiger partial charge in [0, 0.05) is 29.6 Å². The Balaban J connectivity index is 1.81. The summed E-state index contributed by atoms with van der Waals surface area (Å²) in [4.78, 5) is 27.5. The highest BCUT2D eigenvalue weighted by Gasteiger charge is 2.23. The molecule has 0 bridgehead atoms. The fraction of sp³-hybridized carbons (Fsp3) is 0.346. The van der Waals surface area contributed by atoms with Gasteiger partial charge in [-0.15, -0.1) is 0 Å². The van der Waals surface area contributed by atoms with Gasteiger partial charge in [-0.3, -0.25) is 4.79 Å². The van der Waals surface area contributed by atoms with E-state index in [-0.39, 0.29) is 31.0 Å². The summed E-state index contributed by atoms with van der Waals surface area (Å²) in [6.45, 7) is 6.52. The van der Waals surface area contributed by atoms with Crippen LogP contribution in [0, 0.1) is 0 Å². The lowest BCUT2D eigenvalue weighted by molar-refractivity contribution is -0.116. The molecular formula is C26H32BrN5O4. The molecule has 36 heavy (non-hydrogen) atoms. The number of benzene rings is 2. The van der Waals surface area contributed by atoms with Gasteiger partial charge in [-0.1, -0.05) is 32.9 Å². The number of anilines is 2. The van der Waals surface area contributed by atoms with E-state index in [0.29, 0.717) is 11.5 Å². The van der Waals surface area contributed by atoms with E-state index >= 15 is 0 Å². The van der Waals surface area contributed by atoms with Gasteiger partial charge in [-0.25, -0.2) is 9.48 Å². The van der Waals surface area contributed by atoms with Gasteiger partial charge < -0.3 is 25.0 Å². The quantitative estimate of drug-likeness (QED) is 0.383. The molecule has 3 aromatic rings. The molecule has 0 unspecified atom stereocenters. The molecule has 1 heterocycles. The highest BCUT2D eigenvalue weighted by molar-refractivity contribution is 9.10. The third-order valence-electron chi connectivity index (χ3n) is 5.36. The summed E-state index contributed by atoms with van der Waals surface area (Å²) in [5.41, 5.74) is 1.96. The van der Waals surface area contributed by atoms with Gasteiger partial charge in [0.15, 0.2) is 0 Å². The Morgan fingerprint density at radius 2 is 1.75 bits per heavy atom. The Morgan fingerprint density at radius 1 is 1.06 bits per heavy atom. The van der Waals surface area contributed by atoms with Crippen molar-refractivity contribution in [3.8, 4) is 11.4 Å². The first-order chi connectivity index (χ1) is 17.1. The second-order valence-electron chi connectivity index (χ2n) is 9.15. The van der Waals surface area contributed by atoms with Crippen LogP contribution in [0.3, 0.4) is 0 Å². The molecule has 1 aromatic heterocycles. The number of aromatic nitrogens is 2. The number of methoxy groups -OCH3 is 2. The zero-order valence-corrected chi connectivity index (χ0v) is 22.8. The molecule has 0 saturated heterocycles. The van der Waals surface area contributed by atoms with Crippen molar-refractivity contribution in [1.29, 1.82) is 0 Å². The van der Waals surface area contributed by atoms with Gasteiger partial charge >= 0.3 is 6.03 Å². The Bertz CT molecular complexity index is 1190. The monoisotopic (exact) mass is 557 g/mol. The molecule has 192 valence electrons. The van der Waals surface area contributed by atoms with E-state index in [2.05, 4.69) is 47.3 Å². The topological polar surface area (TPSA) is 97.7 Å². The zero-order valence-electron chi connectivity index (χ0n) is 21.2. The Labute approximate surface area is 219 Å². The average molecular weight is 558 g/mol. The number of halogens is 1. The summed E-state index contributed by atoms with van der Waals surface area (Å²) in [5, 5.41) is 10.5. The molecule has 0 spiro atoms. The maximum Gasteiger partial charge on any atom is 0.322 e. The fourth-order valence-corrected chi connectivity index (χ4v) is 3.71. The van der Waals surface area contributed by atoms with Crippen molar-refractivity contribution in [2.45, 2.75) is 26.2 Å². The third kappa shape index (κ3) is 7.08. The minimum Gasteiger partial charge on any atom is -0.497 e.